The quantitative estimate of drug-likeness (QED) is 0.788. The van der Waals surface area contributed by atoms with Crippen molar-refractivity contribution in [2.75, 3.05) is 25.1 Å². The molecule has 1 fully saturated rings. The summed E-state index contributed by atoms with van der Waals surface area (Å²) in [7, 11) is 0. The van der Waals surface area contributed by atoms with Crippen LogP contribution < -0.4 is 20.1 Å². The monoisotopic (exact) mass is 381 g/mol. The molecule has 4 rings (SSSR count). The molecule has 0 aromatic heterocycles. The largest absolute Gasteiger partial charge is 0.486 e. The van der Waals surface area contributed by atoms with Crippen LogP contribution >= 0.6 is 0 Å². The fourth-order valence-corrected chi connectivity index (χ4v) is 3.26. The number of anilines is 1. The number of urea groups is 1. The van der Waals surface area contributed by atoms with Gasteiger partial charge in [0.2, 0.25) is 5.91 Å². The molecule has 8 heteroatoms. The van der Waals surface area contributed by atoms with Crippen LogP contribution in [-0.2, 0) is 15.1 Å². The van der Waals surface area contributed by atoms with Gasteiger partial charge in [0.25, 0.3) is 5.91 Å². The van der Waals surface area contributed by atoms with Crippen molar-refractivity contribution >= 4 is 23.5 Å². The van der Waals surface area contributed by atoms with E-state index in [4.69, 9.17) is 9.47 Å². The Morgan fingerprint density at radius 2 is 1.82 bits per heavy atom. The minimum Gasteiger partial charge on any atom is -0.486 e. The normalized spacial score (nSPS) is 20.7. The summed E-state index contributed by atoms with van der Waals surface area (Å²) < 4.78 is 11.1. The number of hydrogen-bond donors (Lipinski definition) is 2. The number of carbonyl (C=O) groups excluding carboxylic acids is 3. The van der Waals surface area contributed by atoms with Crippen molar-refractivity contribution in [3.63, 3.8) is 0 Å². The molecule has 2 N–H and O–H groups in total. The second-order valence-electron chi connectivity index (χ2n) is 6.72. The average Bonchev–Trinajstić information content (AvgIpc) is 2.92. The van der Waals surface area contributed by atoms with Gasteiger partial charge in [0.05, 0.1) is 0 Å². The first-order valence-electron chi connectivity index (χ1n) is 8.86. The summed E-state index contributed by atoms with van der Waals surface area (Å²) in [6.45, 7) is 2.11. The Morgan fingerprint density at radius 3 is 2.57 bits per heavy atom. The maximum Gasteiger partial charge on any atom is 0.325 e. The summed E-state index contributed by atoms with van der Waals surface area (Å²) in [5.41, 5.74) is -0.143. The third-order valence-corrected chi connectivity index (χ3v) is 4.75. The van der Waals surface area contributed by atoms with E-state index in [-0.39, 0.29) is 6.54 Å². The SMILES string of the molecule is C[C@@]1(c2ccc3c(c2)OCCO3)NC(=O)N(CC(=O)Nc2ccccc2)C1=O. The van der Waals surface area contributed by atoms with Gasteiger partial charge in [0.1, 0.15) is 25.3 Å². The summed E-state index contributed by atoms with van der Waals surface area (Å²) in [6.07, 6.45) is 0. The maximum absolute atomic E-state index is 13.0. The molecule has 28 heavy (non-hydrogen) atoms. The molecule has 1 saturated heterocycles. The third-order valence-electron chi connectivity index (χ3n) is 4.75. The number of para-hydroxylation sites is 1. The van der Waals surface area contributed by atoms with E-state index < -0.39 is 23.4 Å². The second kappa shape index (κ2) is 6.88. The van der Waals surface area contributed by atoms with Crippen LogP contribution in [0.25, 0.3) is 0 Å². The fraction of sp³-hybridized carbons (Fsp3) is 0.250. The highest BCUT2D eigenvalue weighted by Crippen LogP contribution is 2.36. The Labute approximate surface area is 161 Å². The Morgan fingerprint density at radius 1 is 1.11 bits per heavy atom. The number of amides is 4. The highest BCUT2D eigenvalue weighted by molar-refractivity contribution is 6.10. The van der Waals surface area contributed by atoms with Crippen molar-refractivity contribution in [3.05, 3.63) is 54.1 Å². The van der Waals surface area contributed by atoms with Gasteiger partial charge in [-0.3, -0.25) is 14.5 Å². The van der Waals surface area contributed by atoms with Gasteiger partial charge >= 0.3 is 6.03 Å². The van der Waals surface area contributed by atoms with Crippen molar-refractivity contribution in [1.82, 2.24) is 10.2 Å². The zero-order chi connectivity index (χ0) is 19.7. The number of carbonyl (C=O) groups is 3. The van der Waals surface area contributed by atoms with Crippen LogP contribution in [0.2, 0.25) is 0 Å². The van der Waals surface area contributed by atoms with Gasteiger partial charge in [0.15, 0.2) is 11.5 Å². The summed E-state index contributed by atoms with van der Waals surface area (Å²) >= 11 is 0. The van der Waals surface area contributed by atoms with E-state index in [1.807, 2.05) is 6.07 Å². The van der Waals surface area contributed by atoms with Crippen molar-refractivity contribution < 1.29 is 23.9 Å². The van der Waals surface area contributed by atoms with Crippen LogP contribution in [-0.4, -0.2) is 42.5 Å². The number of hydrogen-bond acceptors (Lipinski definition) is 5. The van der Waals surface area contributed by atoms with E-state index in [9.17, 15) is 14.4 Å². The lowest BCUT2D eigenvalue weighted by Crippen LogP contribution is -2.42. The van der Waals surface area contributed by atoms with Crippen LogP contribution in [0.3, 0.4) is 0 Å². The highest BCUT2D eigenvalue weighted by atomic mass is 16.6. The number of nitrogens with one attached hydrogen (secondary N) is 2. The first-order valence-corrected chi connectivity index (χ1v) is 8.86. The van der Waals surface area contributed by atoms with Crippen molar-refractivity contribution in [3.8, 4) is 11.5 Å². The maximum atomic E-state index is 13.0. The molecule has 0 bridgehead atoms. The van der Waals surface area contributed by atoms with Crippen molar-refractivity contribution in [2.45, 2.75) is 12.5 Å². The lowest BCUT2D eigenvalue weighted by atomic mass is 9.91. The van der Waals surface area contributed by atoms with E-state index in [1.54, 1.807) is 49.4 Å². The highest BCUT2D eigenvalue weighted by Gasteiger charge is 2.49. The molecule has 4 amide bonds. The Balaban J connectivity index is 1.52. The van der Waals surface area contributed by atoms with E-state index in [0.717, 1.165) is 4.90 Å². The lowest BCUT2D eigenvalue weighted by molar-refractivity contribution is -0.133. The van der Waals surface area contributed by atoms with Crippen LogP contribution in [0.15, 0.2) is 48.5 Å². The Kier molecular flexibility index (Phi) is 4.38. The lowest BCUT2D eigenvalue weighted by Gasteiger charge is -2.25. The first kappa shape index (κ1) is 17.8. The van der Waals surface area contributed by atoms with Gasteiger partial charge in [-0.05, 0) is 36.8 Å². The van der Waals surface area contributed by atoms with Crippen molar-refractivity contribution in [1.29, 1.82) is 0 Å². The number of benzene rings is 2. The van der Waals surface area contributed by atoms with Gasteiger partial charge in [-0.15, -0.1) is 0 Å². The zero-order valence-corrected chi connectivity index (χ0v) is 15.2. The van der Waals surface area contributed by atoms with Gasteiger partial charge in [-0.1, -0.05) is 24.3 Å². The number of nitrogens with zero attached hydrogens (tertiary/aromatic N) is 1. The molecule has 1 atom stereocenters. The molecular formula is C20H19N3O5. The minimum atomic E-state index is -1.29. The average molecular weight is 381 g/mol. The van der Waals surface area contributed by atoms with Crippen LogP contribution in [0.5, 0.6) is 11.5 Å². The number of fused-ring (bicyclic) bond motifs is 1. The molecule has 0 aliphatic carbocycles. The summed E-state index contributed by atoms with van der Waals surface area (Å²) in [5.74, 6) is 0.153. The minimum absolute atomic E-state index is 0.375. The molecule has 2 aromatic carbocycles. The molecule has 2 heterocycles. The van der Waals surface area contributed by atoms with Gasteiger partial charge in [-0.2, -0.15) is 0 Å². The van der Waals surface area contributed by atoms with Crippen LogP contribution in [0, 0.1) is 0 Å². The topological polar surface area (TPSA) is 97.0 Å². The van der Waals surface area contributed by atoms with E-state index in [1.165, 1.54) is 0 Å². The molecule has 0 spiro atoms. The summed E-state index contributed by atoms with van der Waals surface area (Å²) in [4.78, 5) is 38.6. The van der Waals surface area contributed by atoms with Gasteiger partial charge in [-0.25, -0.2) is 4.79 Å². The number of imide groups is 1. The fourth-order valence-electron chi connectivity index (χ4n) is 3.26. The van der Waals surface area contributed by atoms with Crippen molar-refractivity contribution in [2.24, 2.45) is 0 Å². The smallest absolute Gasteiger partial charge is 0.325 e. The first-order chi connectivity index (χ1) is 13.5. The molecule has 2 aromatic rings. The molecule has 2 aliphatic rings. The summed E-state index contributed by atoms with van der Waals surface area (Å²) in [6, 6.07) is 13.3. The van der Waals surface area contributed by atoms with Crippen LogP contribution in [0.1, 0.15) is 12.5 Å². The number of ether oxygens (including phenoxy) is 2. The molecular weight excluding hydrogens is 362 g/mol. The van der Waals surface area contributed by atoms with E-state index in [2.05, 4.69) is 10.6 Å². The Bertz CT molecular complexity index is 946. The molecule has 2 aliphatic heterocycles. The molecule has 8 nitrogen and oxygen atoms in total. The number of rotatable bonds is 4. The third kappa shape index (κ3) is 3.13. The molecule has 0 unspecified atom stereocenters. The molecule has 0 saturated carbocycles. The van der Waals surface area contributed by atoms with Crippen LogP contribution in [0.4, 0.5) is 10.5 Å². The predicted octanol–water partition coefficient (Wildman–Crippen LogP) is 1.86. The predicted molar refractivity (Wildman–Crippen MR) is 100 cm³/mol. The molecule has 144 valence electrons. The summed E-state index contributed by atoms with van der Waals surface area (Å²) in [5, 5.41) is 5.35. The second-order valence-corrected chi connectivity index (χ2v) is 6.72. The van der Waals surface area contributed by atoms with E-state index >= 15 is 0 Å². The molecule has 0 radical (unpaired) electrons. The zero-order valence-electron chi connectivity index (χ0n) is 15.2. The van der Waals surface area contributed by atoms with Gasteiger partial charge < -0.3 is 20.1 Å². The Hall–Kier alpha value is -3.55. The van der Waals surface area contributed by atoms with Gasteiger partial charge in [0, 0.05) is 5.69 Å². The standard InChI is InChI=1S/C20H19N3O5/c1-20(13-7-8-15-16(11-13)28-10-9-27-15)18(25)23(19(26)22-20)12-17(24)21-14-5-3-2-4-6-14/h2-8,11H,9-10,12H2,1H3,(H,21,24)(H,22,26)/t20-/m0/s1. The van der Waals surface area contributed by atoms with E-state index in [0.29, 0.717) is 36.0 Å².